The van der Waals surface area contributed by atoms with Crippen LogP contribution in [-0.4, -0.2) is 16.8 Å². The molecule has 1 aromatic heterocycles. The lowest BCUT2D eigenvalue weighted by molar-refractivity contribution is 0.710. The molecule has 0 spiro atoms. The third-order valence-electron chi connectivity index (χ3n) is 2.02. The van der Waals surface area contributed by atoms with Gasteiger partial charge in [-0.3, -0.25) is 4.99 Å². The Kier molecular flexibility index (Phi) is 6.38. The van der Waals surface area contributed by atoms with Crippen LogP contribution in [0.15, 0.2) is 23.7 Å². The van der Waals surface area contributed by atoms with Gasteiger partial charge in [0.2, 0.25) is 0 Å². The van der Waals surface area contributed by atoms with Gasteiger partial charge in [-0.2, -0.15) is 5.10 Å². The van der Waals surface area contributed by atoms with Crippen LogP contribution in [0.5, 0.6) is 0 Å². The molecule has 0 bridgehead atoms. The average Bonchev–Trinajstić information content (AvgIpc) is 2.30. The van der Waals surface area contributed by atoms with Crippen molar-refractivity contribution in [2.45, 2.75) is 40.5 Å². The maximum absolute atomic E-state index is 4.47. The van der Waals surface area contributed by atoms with Crippen molar-refractivity contribution in [2.24, 2.45) is 4.99 Å². The monoisotopic (exact) mass is 221 g/mol. The summed E-state index contributed by atoms with van der Waals surface area (Å²) in [6.07, 6.45) is 0. The Morgan fingerprint density at radius 3 is 2.31 bits per heavy atom. The number of allylic oxidation sites excluding steroid dienone is 1. The molecule has 1 aromatic rings. The van der Waals surface area contributed by atoms with Gasteiger partial charge in [-0.15, -0.1) is 0 Å². The Morgan fingerprint density at radius 1 is 1.38 bits per heavy atom. The van der Waals surface area contributed by atoms with Gasteiger partial charge in [0, 0.05) is 12.7 Å². The third-order valence-corrected chi connectivity index (χ3v) is 2.02. The predicted octanol–water partition coefficient (Wildman–Crippen LogP) is 3.05. The minimum absolute atomic E-state index is 0.423. The van der Waals surface area contributed by atoms with E-state index < -0.39 is 0 Å². The molecule has 0 unspecified atom stereocenters. The van der Waals surface area contributed by atoms with Crippen molar-refractivity contribution in [1.82, 2.24) is 9.78 Å². The fourth-order valence-electron chi connectivity index (χ4n) is 1.19. The lowest BCUT2D eigenvalue weighted by Crippen LogP contribution is -2.22. The van der Waals surface area contributed by atoms with Crippen molar-refractivity contribution in [2.75, 3.05) is 7.05 Å². The highest BCUT2D eigenvalue weighted by atomic mass is 15.3. The van der Waals surface area contributed by atoms with Crippen LogP contribution < -0.4 is 5.49 Å². The minimum Gasteiger partial charge on any atom is -0.270 e. The summed E-state index contributed by atoms with van der Waals surface area (Å²) in [7, 11) is 1.76. The molecule has 1 heterocycles. The molecule has 0 N–H and O–H groups in total. The van der Waals surface area contributed by atoms with E-state index in [9.17, 15) is 0 Å². The minimum atomic E-state index is 0.423. The van der Waals surface area contributed by atoms with Gasteiger partial charge < -0.3 is 0 Å². The Labute approximate surface area is 98.5 Å². The molecule has 0 aliphatic heterocycles. The molecule has 0 aliphatic rings. The van der Waals surface area contributed by atoms with Gasteiger partial charge in [-0.05, 0) is 25.0 Å². The highest BCUT2D eigenvalue weighted by molar-refractivity contribution is 5.35. The molecule has 0 aliphatic carbocycles. The van der Waals surface area contributed by atoms with Crippen LogP contribution in [0.1, 0.15) is 46.2 Å². The van der Waals surface area contributed by atoms with Gasteiger partial charge in [0.25, 0.3) is 0 Å². The number of aromatic nitrogens is 2. The van der Waals surface area contributed by atoms with E-state index in [4.69, 9.17) is 0 Å². The summed E-state index contributed by atoms with van der Waals surface area (Å²) in [4.78, 5) is 4.13. The second-order valence-electron chi connectivity index (χ2n) is 3.64. The van der Waals surface area contributed by atoms with E-state index in [1.807, 2.05) is 32.9 Å². The topological polar surface area (TPSA) is 30.2 Å². The van der Waals surface area contributed by atoms with Crippen molar-refractivity contribution >= 4 is 5.70 Å². The van der Waals surface area contributed by atoms with E-state index in [1.54, 1.807) is 11.7 Å². The smallest absolute Gasteiger partial charge is 0.148 e. The Bertz CT molecular complexity index is 400. The lowest BCUT2D eigenvalue weighted by atomic mass is 10.1. The number of hydrogen-bond acceptors (Lipinski definition) is 2. The highest BCUT2D eigenvalue weighted by Gasteiger charge is 2.02. The van der Waals surface area contributed by atoms with Gasteiger partial charge in [-0.1, -0.05) is 34.3 Å². The van der Waals surface area contributed by atoms with Crippen LogP contribution in [0.3, 0.4) is 0 Å². The number of hydrogen-bond donors (Lipinski definition) is 0. The summed E-state index contributed by atoms with van der Waals surface area (Å²) in [6, 6.07) is 3.98. The second-order valence-corrected chi connectivity index (χ2v) is 3.64. The van der Waals surface area contributed by atoms with Gasteiger partial charge in [0.05, 0.1) is 5.69 Å². The van der Waals surface area contributed by atoms with Gasteiger partial charge in [0.15, 0.2) is 0 Å². The molecule has 90 valence electrons. The maximum Gasteiger partial charge on any atom is 0.148 e. The molecule has 0 saturated heterocycles. The zero-order valence-electron chi connectivity index (χ0n) is 11.3. The Morgan fingerprint density at radius 2 is 1.94 bits per heavy atom. The molecule has 0 atom stereocenters. The SMILES string of the molecule is C=C(C)n1nc(C(C)C)ccc1=NC.CC. The van der Waals surface area contributed by atoms with Crippen molar-refractivity contribution in [3.63, 3.8) is 0 Å². The second kappa shape index (κ2) is 6.99. The molecule has 0 amide bonds. The summed E-state index contributed by atoms with van der Waals surface area (Å²) in [5.41, 5.74) is 2.77. The number of rotatable bonds is 2. The molecule has 3 nitrogen and oxygen atoms in total. The van der Waals surface area contributed by atoms with Crippen LogP contribution in [0, 0.1) is 0 Å². The maximum atomic E-state index is 4.47. The number of nitrogens with zero attached hydrogens (tertiary/aromatic N) is 3. The largest absolute Gasteiger partial charge is 0.270 e. The van der Waals surface area contributed by atoms with Gasteiger partial charge in [0.1, 0.15) is 5.49 Å². The lowest BCUT2D eigenvalue weighted by Gasteiger charge is -2.09. The normalized spacial score (nSPS) is 11.1. The Hall–Kier alpha value is -1.38. The summed E-state index contributed by atoms with van der Waals surface area (Å²) < 4.78 is 1.77. The molecule has 1 rings (SSSR count). The highest BCUT2D eigenvalue weighted by Crippen LogP contribution is 2.08. The fraction of sp³-hybridized carbons (Fsp3) is 0.538. The van der Waals surface area contributed by atoms with Crippen LogP contribution in [0.25, 0.3) is 5.70 Å². The van der Waals surface area contributed by atoms with Crippen LogP contribution in [0.2, 0.25) is 0 Å². The van der Waals surface area contributed by atoms with Crippen molar-refractivity contribution in [3.05, 3.63) is 29.9 Å². The first-order valence-corrected chi connectivity index (χ1v) is 5.75. The standard InChI is InChI=1S/C11H17N3.C2H6/c1-8(2)10-6-7-11(12-5)14(13-10)9(3)4;1-2/h6-8H,3H2,1-2,4-5H3;1-2H3. The molecule has 0 radical (unpaired) electrons. The summed E-state index contributed by atoms with van der Waals surface area (Å²) in [5.74, 6) is 0.423. The third kappa shape index (κ3) is 3.65. The first kappa shape index (κ1) is 14.6. The zero-order chi connectivity index (χ0) is 12.7. The van der Waals surface area contributed by atoms with Crippen molar-refractivity contribution < 1.29 is 0 Å². The fourth-order valence-corrected chi connectivity index (χ4v) is 1.19. The summed E-state index contributed by atoms with van der Waals surface area (Å²) >= 11 is 0. The van der Waals surface area contributed by atoms with E-state index in [0.29, 0.717) is 5.92 Å². The average molecular weight is 221 g/mol. The molecule has 0 fully saturated rings. The van der Waals surface area contributed by atoms with Crippen molar-refractivity contribution in [1.29, 1.82) is 0 Å². The molecule has 0 saturated carbocycles. The van der Waals surface area contributed by atoms with Crippen molar-refractivity contribution in [3.8, 4) is 0 Å². The van der Waals surface area contributed by atoms with Gasteiger partial charge in [-0.25, -0.2) is 4.68 Å². The zero-order valence-corrected chi connectivity index (χ0v) is 11.3. The van der Waals surface area contributed by atoms with E-state index in [-0.39, 0.29) is 0 Å². The first-order valence-electron chi connectivity index (χ1n) is 5.75. The molecule has 16 heavy (non-hydrogen) atoms. The molecule has 3 heteroatoms. The first-order chi connectivity index (χ1) is 7.56. The quantitative estimate of drug-likeness (QED) is 0.755. The van der Waals surface area contributed by atoms with E-state index in [0.717, 1.165) is 16.9 Å². The van der Waals surface area contributed by atoms with Crippen LogP contribution in [-0.2, 0) is 0 Å². The molecular weight excluding hydrogens is 198 g/mol. The predicted molar refractivity (Wildman–Crippen MR) is 70.2 cm³/mol. The van der Waals surface area contributed by atoms with E-state index >= 15 is 0 Å². The van der Waals surface area contributed by atoms with Gasteiger partial charge >= 0.3 is 0 Å². The van der Waals surface area contributed by atoms with Crippen LogP contribution >= 0.6 is 0 Å². The molecular formula is C13H23N3. The summed E-state index contributed by atoms with van der Waals surface area (Å²) in [5, 5.41) is 4.47. The summed E-state index contributed by atoms with van der Waals surface area (Å²) in [6.45, 7) is 14.0. The molecule has 0 aromatic carbocycles. The Balaban J connectivity index is 0.00000106. The van der Waals surface area contributed by atoms with E-state index in [2.05, 4.69) is 30.5 Å². The van der Waals surface area contributed by atoms with Crippen LogP contribution in [0.4, 0.5) is 0 Å². The van der Waals surface area contributed by atoms with E-state index in [1.165, 1.54) is 0 Å².